The molecule has 1 atom stereocenters. The first-order chi connectivity index (χ1) is 27.8. The molecule has 56 heavy (non-hydrogen) atoms. The monoisotopic (exact) mass is 714 g/mol. The number of hydrogen-bond donors (Lipinski definition) is 0. The Hall–Kier alpha value is -7.43. The van der Waals surface area contributed by atoms with E-state index in [4.69, 9.17) is 15.0 Å². The highest BCUT2D eigenvalue weighted by Crippen LogP contribution is 2.54. The average molecular weight is 715 g/mol. The molecule has 1 aliphatic rings. The lowest BCUT2D eigenvalue weighted by Crippen LogP contribution is -2.35. The molecule has 4 heteroatoms. The summed E-state index contributed by atoms with van der Waals surface area (Å²) in [5, 5.41) is 2.51. The first-order valence-corrected chi connectivity index (χ1v) is 19.0. The molecule has 262 valence electrons. The number of para-hydroxylation sites is 3. The third-order valence-corrected chi connectivity index (χ3v) is 11.3. The van der Waals surface area contributed by atoms with E-state index in [0.29, 0.717) is 17.5 Å². The second-order valence-electron chi connectivity index (χ2n) is 14.4. The van der Waals surface area contributed by atoms with E-state index in [1.54, 1.807) is 0 Å². The van der Waals surface area contributed by atoms with Crippen molar-refractivity contribution >= 4 is 21.8 Å². The van der Waals surface area contributed by atoms with Crippen molar-refractivity contribution < 1.29 is 0 Å². The summed E-state index contributed by atoms with van der Waals surface area (Å²) in [5.41, 5.74) is 13.0. The molecule has 0 saturated heterocycles. The van der Waals surface area contributed by atoms with Crippen molar-refractivity contribution in [3.63, 3.8) is 0 Å². The van der Waals surface area contributed by atoms with Crippen LogP contribution in [0.5, 0.6) is 0 Å². The molecule has 0 spiro atoms. The van der Waals surface area contributed by atoms with Gasteiger partial charge in [-0.05, 0) is 51.6 Å². The smallest absolute Gasteiger partial charge is 0.164 e. The molecular weight excluding hydrogens is 681 g/mol. The normalized spacial score (nSPS) is 14.5. The summed E-state index contributed by atoms with van der Waals surface area (Å²) in [7, 11) is 0. The minimum Gasteiger partial charge on any atom is -0.309 e. The fourth-order valence-electron chi connectivity index (χ4n) is 8.87. The molecule has 0 radical (unpaired) electrons. The van der Waals surface area contributed by atoms with Gasteiger partial charge in [0, 0.05) is 27.5 Å². The van der Waals surface area contributed by atoms with Crippen molar-refractivity contribution in [2.24, 2.45) is 0 Å². The van der Waals surface area contributed by atoms with Crippen molar-refractivity contribution in [1.29, 1.82) is 0 Å². The minimum atomic E-state index is -0.586. The zero-order valence-electron chi connectivity index (χ0n) is 30.4. The van der Waals surface area contributed by atoms with Crippen molar-refractivity contribution in [2.45, 2.75) is 5.41 Å². The highest BCUT2D eigenvalue weighted by molar-refractivity contribution is 6.12. The first-order valence-electron chi connectivity index (χ1n) is 19.0. The zero-order valence-corrected chi connectivity index (χ0v) is 30.4. The third-order valence-electron chi connectivity index (χ3n) is 11.3. The molecule has 8 aromatic carbocycles. The lowest BCUT2D eigenvalue weighted by Gasteiger charge is -2.41. The van der Waals surface area contributed by atoms with Crippen LogP contribution in [-0.2, 0) is 5.41 Å². The quantitative estimate of drug-likeness (QED) is 0.172. The van der Waals surface area contributed by atoms with E-state index in [2.05, 4.69) is 187 Å². The number of fused-ring (bicyclic) bond motifs is 5. The van der Waals surface area contributed by atoms with E-state index < -0.39 is 5.41 Å². The van der Waals surface area contributed by atoms with E-state index >= 15 is 0 Å². The predicted octanol–water partition coefficient (Wildman–Crippen LogP) is 12.3. The highest BCUT2D eigenvalue weighted by Gasteiger charge is 2.45. The van der Waals surface area contributed by atoms with Gasteiger partial charge in [-0.3, -0.25) is 0 Å². The molecule has 11 rings (SSSR count). The lowest BCUT2D eigenvalue weighted by atomic mass is 9.63. The molecule has 0 bridgehead atoms. The molecule has 4 nitrogen and oxygen atoms in total. The second-order valence-corrected chi connectivity index (χ2v) is 14.4. The number of aromatic nitrogens is 4. The van der Waals surface area contributed by atoms with Crippen molar-refractivity contribution in [3.8, 4) is 51.0 Å². The van der Waals surface area contributed by atoms with Gasteiger partial charge >= 0.3 is 0 Å². The van der Waals surface area contributed by atoms with Crippen LogP contribution in [0.2, 0.25) is 0 Å². The summed E-state index contributed by atoms with van der Waals surface area (Å²) in [6.07, 6.45) is 0. The molecule has 1 unspecified atom stereocenters. The number of benzene rings is 8. The van der Waals surface area contributed by atoms with E-state index in [9.17, 15) is 0 Å². The zero-order chi connectivity index (χ0) is 37.1. The van der Waals surface area contributed by atoms with Crippen molar-refractivity contribution in [2.75, 3.05) is 0 Å². The minimum absolute atomic E-state index is 0.586. The van der Waals surface area contributed by atoms with Gasteiger partial charge in [0.05, 0.1) is 22.1 Å². The summed E-state index contributed by atoms with van der Waals surface area (Å²) in [4.78, 5) is 15.3. The summed E-state index contributed by atoms with van der Waals surface area (Å²) >= 11 is 0. The van der Waals surface area contributed by atoms with Gasteiger partial charge in [0.2, 0.25) is 0 Å². The van der Waals surface area contributed by atoms with Crippen LogP contribution >= 0.6 is 0 Å². The van der Waals surface area contributed by atoms with Gasteiger partial charge in [-0.25, -0.2) is 15.0 Å². The lowest BCUT2D eigenvalue weighted by molar-refractivity contribution is 0.728. The Morgan fingerprint density at radius 1 is 0.339 bits per heavy atom. The van der Waals surface area contributed by atoms with Crippen LogP contribution in [0.25, 0.3) is 72.8 Å². The molecular formula is C52H34N4. The standard InChI is InChI=1S/C52H34N4/c1-4-16-35(17-5-1)38-20-14-21-39(34-38)51-54-49(36-18-6-2-7-19-36)53-50(55-51)37-30-32-41(33-31-37)52(40-22-8-3-9-23-40)44-26-11-13-29-47(44)56-46-28-12-10-24-42(46)43-25-15-27-45(52)48(43)56/h1-34H. The second kappa shape index (κ2) is 12.9. The van der Waals surface area contributed by atoms with Crippen LogP contribution in [0.4, 0.5) is 0 Å². The molecule has 0 fully saturated rings. The van der Waals surface area contributed by atoms with Gasteiger partial charge in [-0.1, -0.05) is 188 Å². The SMILES string of the molecule is c1ccc(-c2cccc(-c3nc(-c4ccccc4)nc(-c4ccc(C5(c6ccccc6)c6ccccc6-n6c7ccccc7c7cccc5c76)cc4)n3)c2)cc1. The van der Waals surface area contributed by atoms with Crippen LogP contribution in [0.15, 0.2) is 206 Å². The van der Waals surface area contributed by atoms with E-state index in [1.807, 2.05) is 24.3 Å². The Bertz CT molecular complexity index is 3060. The number of rotatable bonds is 6. The van der Waals surface area contributed by atoms with Crippen LogP contribution in [0.1, 0.15) is 22.3 Å². The summed E-state index contributed by atoms with van der Waals surface area (Å²) in [6.45, 7) is 0. The van der Waals surface area contributed by atoms with Crippen molar-refractivity contribution in [3.05, 3.63) is 229 Å². The highest BCUT2D eigenvalue weighted by atomic mass is 15.0. The Morgan fingerprint density at radius 2 is 0.839 bits per heavy atom. The fourth-order valence-corrected chi connectivity index (χ4v) is 8.87. The van der Waals surface area contributed by atoms with Gasteiger partial charge in [0.25, 0.3) is 0 Å². The summed E-state index contributed by atoms with van der Waals surface area (Å²) in [5.74, 6) is 1.91. The van der Waals surface area contributed by atoms with Crippen LogP contribution in [0.3, 0.4) is 0 Å². The number of hydrogen-bond acceptors (Lipinski definition) is 3. The fraction of sp³-hybridized carbons (Fsp3) is 0.0192. The van der Waals surface area contributed by atoms with Gasteiger partial charge in [0.15, 0.2) is 17.5 Å². The largest absolute Gasteiger partial charge is 0.309 e. The maximum atomic E-state index is 5.15. The van der Waals surface area contributed by atoms with Gasteiger partial charge < -0.3 is 4.57 Å². The van der Waals surface area contributed by atoms with Crippen LogP contribution < -0.4 is 0 Å². The molecule has 0 saturated carbocycles. The molecule has 1 aliphatic heterocycles. The predicted molar refractivity (Wildman–Crippen MR) is 228 cm³/mol. The Morgan fingerprint density at radius 3 is 1.59 bits per heavy atom. The molecule has 0 aliphatic carbocycles. The van der Waals surface area contributed by atoms with Crippen molar-refractivity contribution in [1.82, 2.24) is 19.5 Å². The molecule has 3 heterocycles. The van der Waals surface area contributed by atoms with Gasteiger partial charge in [-0.15, -0.1) is 0 Å². The maximum absolute atomic E-state index is 5.15. The van der Waals surface area contributed by atoms with Crippen LogP contribution in [-0.4, -0.2) is 19.5 Å². The van der Waals surface area contributed by atoms with Gasteiger partial charge in [0.1, 0.15) is 0 Å². The molecule has 0 N–H and O–H groups in total. The Balaban J connectivity index is 1.12. The van der Waals surface area contributed by atoms with Crippen LogP contribution in [0, 0.1) is 0 Å². The Kier molecular flexibility index (Phi) is 7.36. The first kappa shape index (κ1) is 32.0. The topological polar surface area (TPSA) is 43.6 Å². The molecule has 10 aromatic rings. The van der Waals surface area contributed by atoms with E-state index in [-0.39, 0.29) is 0 Å². The molecule has 0 amide bonds. The average Bonchev–Trinajstić information content (AvgIpc) is 3.63. The van der Waals surface area contributed by atoms with Gasteiger partial charge in [-0.2, -0.15) is 0 Å². The Labute approximate surface area is 325 Å². The maximum Gasteiger partial charge on any atom is 0.164 e. The molecule has 2 aromatic heterocycles. The summed E-state index contributed by atoms with van der Waals surface area (Å²) in [6, 6.07) is 73.4. The third kappa shape index (κ3) is 4.89. The number of nitrogens with zero attached hydrogens (tertiary/aromatic N) is 4. The van der Waals surface area contributed by atoms with E-state index in [1.165, 1.54) is 49.7 Å². The summed E-state index contributed by atoms with van der Waals surface area (Å²) < 4.78 is 2.47. The van der Waals surface area contributed by atoms with E-state index in [0.717, 1.165) is 27.8 Å².